The molecule has 0 saturated carbocycles. The van der Waals surface area contributed by atoms with E-state index in [1.807, 2.05) is 0 Å². The molecule has 3 aromatic rings. The summed E-state index contributed by atoms with van der Waals surface area (Å²) in [5.41, 5.74) is 13.8. The molecule has 0 aliphatic carbocycles. The third kappa shape index (κ3) is 4.84. The molecule has 0 atom stereocenters. The van der Waals surface area contributed by atoms with Crippen LogP contribution in [0.3, 0.4) is 0 Å². The average molecular weight is 486 g/mol. The Labute approximate surface area is 181 Å². The standard InChI is InChI=1S/C24H25.3H2O.Sn/c1-15-10-17(3)23(18(4)11-15)21-8-7-9-22(14-21)24-19(5)12-16(2)13-20(24)6;;;;/h7-13H,1-6H3;3*1H2;. The molecule has 149 valence electrons. The fourth-order valence-electron chi connectivity index (χ4n) is 4.18. The molecule has 0 saturated heterocycles. The molecule has 28 heavy (non-hydrogen) atoms. The van der Waals surface area contributed by atoms with Crippen LogP contribution >= 0.6 is 0 Å². The largest absolute Gasteiger partial charge is 0.412 e. The van der Waals surface area contributed by atoms with E-state index in [-0.39, 0.29) is 16.4 Å². The van der Waals surface area contributed by atoms with Gasteiger partial charge in [0.05, 0.1) is 0 Å². The van der Waals surface area contributed by atoms with E-state index in [0.717, 1.165) is 0 Å². The molecular formula is C24H31O3Sn. The van der Waals surface area contributed by atoms with Gasteiger partial charge in [0.25, 0.3) is 0 Å². The third-order valence-electron chi connectivity index (χ3n) is 4.96. The van der Waals surface area contributed by atoms with Crippen molar-refractivity contribution in [2.75, 3.05) is 0 Å². The maximum Gasteiger partial charge on any atom is -0.412 e. The first-order valence-corrected chi connectivity index (χ1v) is 10.2. The van der Waals surface area contributed by atoms with Gasteiger partial charge in [-0.1, -0.05) is 0 Å². The van der Waals surface area contributed by atoms with Crippen LogP contribution in [0, 0.1) is 41.5 Å². The SMILES string of the molecule is Cc1cc(C)c(-c2cccc(-c3c(C)cc(C)cc3C)[c]2[Sn])c(C)c1.O.O.O. The topological polar surface area (TPSA) is 94.5 Å². The van der Waals surface area contributed by atoms with Gasteiger partial charge < -0.3 is 16.4 Å². The molecule has 0 unspecified atom stereocenters. The van der Waals surface area contributed by atoms with E-state index in [9.17, 15) is 0 Å². The van der Waals surface area contributed by atoms with Crippen LogP contribution in [0.25, 0.3) is 22.3 Å². The van der Waals surface area contributed by atoms with Crippen molar-refractivity contribution in [3.63, 3.8) is 0 Å². The Morgan fingerprint density at radius 1 is 0.536 bits per heavy atom. The van der Waals surface area contributed by atoms with Crippen molar-refractivity contribution in [1.29, 1.82) is 0 Å². The molecule has 0 aliphatic heterocycles. The number of rotatable bonds is 2. The zero-order valence-corrected chi connectivity index (χ0v) is 20.4. The number of hydrogen-bond acceptors (Lipinski definition) is 0. The summed E-state index contributed by atoms with van der Waals surface area (Å²) in [6.45, 7) is 13.3. The van der Waals surface area contributed by atoms with Crippen molar-refractivity contribution in [1.82, 2.24) is 0 Å². The Morgan fingerprint density at radius 3 is 1.11 bits per heavy atom. The molecule has 3 aromatic carbocycles. The molecule has 0 aromatic heterocycles. The molecule has 0 bridgehead atoms. The molecular weight excluding hydrogens is 455 g/mol. The van der Waals surface area contributed by atoms with Crippen LogP contribution in [0.15, 0.2) is 42.5 Å². The molecule has 0 heterocycles. The van der Waals surface area contributed by atoms with Crippen LogP contribution in [0.1, 0.15) is 33.4 Å². The molecule has 3 rings (SSSR count). The first-order chi connectivity index (χ1) is 11.8. The minimum absolute atomic E-state index is 0. The van der Waals surface area contributed by atoms with Crippen LogP contribution in [0.2, 0.25) is 0 Å². The van der Waals surface area contributed by atoms with Crippen molar-refractivity contribution in [3.05, 3.63) is 75.8 Å². The van der Waals surface area contributed by atoms with Gasteiger partial charge in [0.2, 0.25) is 0 Å². The predicted octanol–water partition coefficient (Wildman–Crippen LogP) is 3.19. The Hall–Kier alpha value is -1.66. The smallest absolute Gasteiger partial charge is 0.412 e. The monoisotopic (exact) mass is 487 g/mol. The van der Waals surface area contributed by atoms with Gasteiger partial charge in [-0.2, -0.15) is 0 Å². The van der Waals surface area contributed by atoms with Crippen LogP contribution in [-0.4, -0.2) is 39.0 Å². The fraction of sp³-hybridized carbons (Fsp3) is 0.250. The van der Waals surface area contributed by atoms with Crippen LogP contribution < -0.4 is 3.58 Å². The summed E-state index contributed by atoms with van der Waals surface area (Å²) in [6.07, 6.45) is 0. The van der Waals surface area contributed by atoms with Gasteiger partial charge in [-0.15, -0.1) is 0 Å². The molecule has 4 heteroatoms. The van der Waals surface area contributed by atoms with Gasteiger partial charge in [-0.05, 0) is 0 Å². The Bertz CT molecular complexity index is 856. The summed E-state index contributed by atoms with van der Waals surface area (Å²) < 4.78 is 1.46. The number of benzene rings is 3. The minimum Gasteiger partial charge on any atom is -0.412 e. The van der Waals surface area contributed by atoms with Crippen molar-refractivity contribution < 1.29 is 16.4 Å². The molecule has 0 fully saturated rings. The molecule has 0 amide bonds. The van der Waals surface area contributed by atoms with Crippen LogP contribution in [0.4, 0.5) is 0 Å². The van der Waals surface area contributed by atoms with E-state index in [1.165, 1.54) is 81.7 Å². The van der Waals surface area contributed by atoms with Crippen molar-refractivity contribution in [3.8, 4) is 22.3 Å². The van der Waals surface area contributed by atoms with Crippen molar-refractivity contribution >= 4 is 26.1 Å². The zero-order valence-electron chi connectivity index (χ0n) is 17.5. The Morgan fingerprint density at radius 2 is 0.821 bits per heavy atom. The molecule has 3 radical (unpaired) electrons. The van der Waals surface area contributed by atoms with E-state index in [0.29, 0.717) is 0 Å². The summed E-state index contributed by atoms with van der Waals surface area (Å²) in [5.74, 6) is 0. The molecule has 0 spiro atoms. The maximum atomic E-state index is 2.30. The minimum atomic E-state index is 0. The second kappa shape index (κ2) is 10.2. The first-order valence-electron chi connectivity index (χ1n) is 8.80. The first kappa shape index (κ1) is 26.3. The Balaban J connectivity index is 0.00000243. The summed E-state index contributed by atoms with van der Waals surface area (Å²) in [4.78, 5) is 0. The summed E-state index contributed by atoms with van der Waals surface area (Å²) in [7, 11) is 0. The van der Waals surface area contributed by atoms with Gasteiger partial charge in [0.15, 0.2) is 0 Å². The zero-order chi connectivity index (χ0) is 18.3. The second-order valence-electron chi connectivity index (χ2n) is 7.28. The van der Waals surface area contributed by atoms with E-state index in [1.54, 1.807) is 0 Å². The van der Waals surface area contributed by atoms with Crippen LogP contribution in [0.5, 0.6) is 0 Å². The predicted molar refractivity (Wildman–Crippen MR) is 122 cm³/mol. The molecule has 0 aliphatic rings. The average Bonchev–Trinajstić information content (AvgIpc) is 2.48. The van der Waals surface area contributed by atoms with E-state index < -0.39 is 0 Å². The van der Waals surface area contributed by atoms with E-state index >= 15 is 0 Å². The summed E-state index contributed by atoms with van der Waals surface area (Å²) in [6, 6.07) is 16.0. The van der Waals surface area contributed by atoms with Gasteiger partial charge in [-0.3, -0.25) is 0 Å². The number of aryl methyl sites for hydroxylation is 6. The third-order valence-corrected chi connectivity index (χ3v) is 6.49. The van der Waals surface area contributed by atoms with Gasteiger partial charge in [-0.25, -0.2) is 0 Å². The maximum absolute atomic E-state index is 2.30. The fourth-order valence-corrected chi connectivity index (χ4v) is 5.37. The van der Waals surface area contributed by atoms with E-state index in [4.69, 9.17) is 0 Å². The molecule has 6 N–H and O–H groups in total. The molecule has 3 nitrogen and oxygen atoms in total. The normalized spacial score (nSPS) is 9.82. The van der Waals surface area contributed by atoms with Crippen molar-refractivity contribution in [2.24, 2.45) is 0 Å². The summed E-state index contributed by atoms with van der Waals surface area (Å²) in [5, 5.41) is 0. The number of hydrogen-bond donors (Lipinski definition) is 0. The van der Waals surface area contributed by atoms with Gasteiger partial charge in [0.1, 0.15) is 0 Å². The Kier molecular flexibility index (Phi) is 9.61. The van der Waals surface area contributed by atoms with Crippen molar-refractivity contribution in [2.45, 2.75) is 41.5 Å². The van der Waals surface area contributed by atoms with Crippen LogP contribution in [-0.2, 0) is 0 Å². The second-order valence-corrected chi connectivity index (χ2v) is 8.70. The quantitative estimate of drug-likeness (QED) is 0.498. The van der Waals surface area contributed by atoms with Gasteiger partial charge in [0, 0.05) is 0 Å². The summed E-state index contributed by atoms with van der Waals surface area (Å²) >= 11 is 1.47. The van der Waals surface area contributed by atoms with E-state index in [2.05, 4.69) is 84.0 Å². The van der Waals surface area contributed by atoms with Gasteiger partial charge >= 0.3 is 166 Å².